The summed E-state index contributed by atoms with van der Waals surface area (Å²) in [6.07, 6.45) is 10.2. The van der Waals surface area contributed by atoms with Crippen LogP contribution >= 0.6 is 12.6 Å². The first kappa shape index (κ1) is 11.2. The smallest absolute Gasteiger partial charge is 0.0197 e. The first-order valence-corrected chi connectivity index (χ1v) is 8.34. The minimum absolute atomic E-state index is 0.464. The highest BCUT2D eigenvalue weighted by Crippen LogP contribution is 2.89. The third-order valence-electron chi connectivity index (χ3n) is 7.22. The van der Waals surface area contributed by atoms with Gasteiger partial charge in [-0.05, 0) is 60.7 Å². The minimum Gasteiger partial charge on any atom is -0.172 e. The Labute approximate surface area is 111 Å². The Morgan fingerprint density at radius 3 is 2.88 bits per heavy atom. The van der Waals surface area contributed by atoms with Crippen LogP contribution in [0.2, 0.25) is 0 Å². The first-order valence-electron chi connectivity index (χ1n) is 7.89. The molecule has 0 aromatic rings. The number of hydrogen-bond acceptors (Lipinski definition) is 1. The van der Waals surface area contributed by atoms with E-state index in [0.29, 0.717) is 4.75 Å². The highest BCUT2D eigenvalue weighted by Gasteiger charge is 2.86. The molecule has 0 amide bonds. The van der Waals surface area contributed by atoms with Crippen molar-refractivity contribution in [2.75, 3.05) is 0 Å². The third-order valence-corrected chi connectivity index (χ3v) is 8.01. The molecule has 0 radical (unpaired) electrons. The Balaban J connectivity index is 1.74. The molecule has 0 aromatic heterocycles. The van der Waals surface area contributed by atoms with Crippen LogP contribution in [-0.4, -0.2) is 4.75 Å². The van der Waals surface area contributed by atoms with Crippen molar-refractivity contribution in [3.05, 3.63) is 0 Å². The van der Waals surface area contributed by atoms with Crippen LogP contribution in [0.25, 0.3) is 0 Å². The maximum atomic E-state index is 5.22. The second kappa shape index (κ2) is 3.26. The summed E-state index contributed by atoms with van der Waals surface area (Å²) in [5, 5.41) is 0. The standard InChI is InChI=1S/C16H26S/c1-3-6-12-14-11-7-4-5-8-15(17)9-13(10(11)2)16(12,14)15/h10-14,17H,3-9H2,1-2H3/t10?,11?,12-,13?,14?,15?,16+/m1/s1. The SMILES string of the molecule is CCC[C@@H]1C2C3CCCCC4(S)CC(C3C)[C@]214. The van der Waals surface area contributed by atoms with Crippen molar-refractivity contribution in [3.8, 4) is 0 Å². The average molecular weight is 250 g/mol. The van der Waals surface area contributed by atoms with Crippen LogP contribution < -0.4 is 0 Å². The molecule has 0 N–H and O–H groups in total. The molecule has 4 saturated carbocycles. The maximum Gasteiger partial charge on any atom is 0.0197 e. The van der Waals surface area contributed by atoms with Crippen LogP contribution in [0.1, 0.15) is 58.8 Å². The zero-order valence-electron chi connectivity index (χ0n) is 11.3. The molecule has 0 aromatic carbocycles. The lowest BCUT2D eigenvalue weighted by atomic mass is 9.56. The zero-order valence-corrected chi connectivity index (χ0v) is 12.2. The van der Waals surface area contributed by atoms with Crippen LogP contribution in [0.15, 0.2) is 0 Å². The Morgan fingerprint density at radius 1 is 1.29 bits per heavy atom. The average Bonchev–Trinajstić information content (AvgIpc) is 2.89. The van der Waals surface area contributed by atoms with Crippen LogP contribution in [0.3, 0.4) is 0 Å². The lowest BCUT2D eigenvalue weighted by molar-refractivity contribution is 0.0350. The molecule has 2 bridgehead atoms. The Morgan fingerprint density at radius 2 is 2.12 bits per heavy atom. The van der Waals surface area contributed by atoms with Crippen molar-refractivity contribution in [1.82, 2.24) is 0 Å². The molecule has 0 saturated heterocycles. The zero-order chi connectivity index (χ0) is 11.8. The van der Waals surface area contributed by atoms with Gasteiger partial charge in [0.1, 0.15) is 0 Å². The summed E-state index contributed by atoms with van der Waals surface area (Å²) in [5.41, 5.74) is 0.733. The number of hydrogen-bond donors (Lipinski definition) is 1. The van der Waals surface area contributed by atoms with Crippen molar-refractivity contribution in [2.24, 2.45) is 35.0 Å². The molecule has 4 aliphatic rings. The highest BCUT2D eigenvalue weighted by molar-refractivity contribution is 7.82. The minimum atomic E-state index is 0.464. The molecule has 5 unspecified atom stereocenters. The maximum absolute atomic E-state index is 5.22. The Bertz CT molecular complexity index is 349. The third kappa shape index (κ3) is 1.02. The highest BCUT2D eigenvalue weighted by atomic mass is 32.1. The van der Waals surface area contributed by atoms with E-state index in [0.717, 1.165) is 35.0 Å². The van der Waals surface area contributed by atoms with Gasteiger partial charge in [0.25, 0.3) is 0 Å². The summed E-state index contributed by atoms with van der Waals surface area (Å²) in [6, 6.07) is 0. The van der Waals surface area contributed by atoms with Crippen molar-refractivity contribution in [3.63, 3.8) is 0 Å². The number of thiol groups is 1. The lowest BCUT2D eigenvalue weighted by Crippen LogP contribution is -2.54. The Hall–Kier alpha value is 0.350. The normalized spacial score (nSPS) is 63.4. The topological polar surface area (TPSA) is 0 Å². The van der Waals surface area contributed by atoms with Crippen molar-refractivity contribution in [1.29, 1.82) is 0 Å². The van der Waals surface area contributed by atoms with Crippen molar-refractivity contribution < 1.29 is 0 Å². The number of rotatable bonds is 2. The lowest BCUT2D eigenvalue weighted by Gasteiger charge is -2.55. The monoisotopic (exact) mass is 250 g/mol. The van der Waals surface area contributed by atoms with E-state index in [1.807, 2.05) is 0 Å². The molecular formula is C16H26S. The molecule has 17 heavy (non-hydrogen) atoms. The molecule has 4 aliphatic carbocycles. The van der Waals surface area contributed by atoms with Crippen molar-refractivity contribution >= 4 is 12.6 Å². The molecule has 1 spiro atoms. The van der Waals surface area contributed by atoms with Crippen molar-refractivity contribution in [2.45, 2.75) is 63.5 Å². The van der Waals surface area contributed by atoms with Gasteiger partial charge in [-0.25, -0.2) is 0 Å². The van der Waals surface area contributed by atoms with E-state index in [9.17, 15) is 0 Å². The summed E-state index contributed by atoms with van der Waals surface area (Å²) in [4.78, 5) is 0. The molecule has 96 valence electrons. The molecule has 7 atom stereocenters. The van der Waals surface area contributed by atoms with Gasteiger partial charge in [0.15, 0.2) is 0 Å². The van der Waals surface area contributed by atoms with Gasteiger partial charge >= 0.3 is 0 Å². The van der Waals surface area contributed by atoms with E-state index in [1.54, 1.807) is 0 Å². The van der Waals surface area contributed by atoms with Gasteiger partial charge in [-0.3, -0.25) is 0 Å². The van der Waals surface area contributed by atoms with Gasteiger partial charge in [-0.1, -0.05) is 33.1 Å². The Kier molecular flexibility index (Phi) is 2.15. The van der Waals surface area contributed by atoms with Crippen LogP contribution in [-0.2, 0) is 0 Å². The predicted molar refractivity (Wildman–Crippen MR) is 75.3 cm³/mol. The molecule has 4 rings (SSSR count). The fraction of sp³-hybridized carbons (Fsp3) is 1.00. The van der Waals surface area contributed by atoms with E-state index in [-0.39, 0.29) is 0 Å². The van der Waals surface area contributed by atoms with Gasteiger partial charge < -0.3 is 0 Å². The first-order chi connectivity index (χ1) is 8.17. The van der Waals surface area contributed by atoms with Crippen LogP contribution in [0.5, 0.6) is 0 Å². The van der Waals surface area contributed by atoms with Gasteiger partial charge in [-0.2, -0.15) is 12.6 Å². The van der Waals surface area contributed by atoms with Gasteiger partial charge in [0.2, 0.25) is 0 Å². The predicted octanol–water partition coefficient (Wildman–Crippen LogP) is 4.55. The quantitative estimate of drug-likeness (QED) is 0.683. The molecular weight excluding hydrogens is 224 g/mol. The fourth-order valence-corrected chi connectivity index (χ4v) is 7.64. The molecule has 0 aliphatic heterocycles. The molecule has 0 heterocycles. The van der Waals surface area contributed by atoms with Crippen LogP contribution in [0, 0.1) is 35.0 Å². The van der Waals surface area contributed by atoms with Gasteiger partial charge in [-0.15, -0.1) is 0 Å². The second-order valence-electron chi connectivity index (χ2n) is 7.46. The van der Waals surface area contributed by atoms with Gasteiger partial charge in [0.05, 0.1) is 0 Å². The summed E-state index contributed by atoms with van der Waals surface area (Å²) >= 11 is 5.22. The molecule has 1 heteroatoms. The largest absolute Gasteiger partial charge is 0.172 e. The summed E-state index contributed by atoms with van der Waals surface area (Å²) in [5.74, 6) is 5.32. The van der Waals surface area contributed by atoms with E-state index >= 15 is 0 Å². The van der Waals surface area contributed by atoms with E-state index in [2.05, 4.69) is 13.8 Å². The van der Waals surface area contributed by atoms with Gasteiger partial charge in [0, 0.05) is 4.75 Å². The van der Waals surface area contributed by atoms with E-state index in [4.69, 9.17) is 12.6 Å². The molecule has 0 nitrogen and oxygen atoms in total. The van der Waals surface area contributed by atoms with E-state index in [1.165, 1.54) is 44.9 Å². The second-order valence-corrected chi connectivity index (χ2v) is 8.32. The molecule has 4 fully saturated rings. The summed E-state index contributed by atoms with van der Waals surface area (Å²) < 4.78 is 0.464. The van der Waals surface area contributed by atoms with Crippen LogP contribution in [0.4, 0.5) is 0 Å². The van der Waals surface area contributed by atoms with E-state index < -0.39 is 0 Å². The summed E-state index contributed by atoms with van der Waals surface area (Å²) in [6.45, 7) is 4.93. The summed E-state index contributed by atoms with van der Waals surface area (Å²) in [7, 11) is 0. The fourth-order valence-electron chi connectivity index (χ4n) is 6.80.